The van der Waals surface area contributed by atoms with E-state index < -0.39 is 0 Å². The highest BCUT2D eigenvalue weighted by Gasteiger charge is 2.42. The standard InChI is InChI=1S/C21H36N2O4/c1-3-26-21-17(9-6-14-24)18(16-7-4-5-8-16)15-19(27-21)20(25)23-12-10-22(2)11-13-23/h15-18,21,24H,3-14H2,1-2H3/t17-,18-,21-/m1/s1. The fourth-order valence-electron chi connectivity index (χ4n) is 4.82. The van der Waals surface area contributed by atoms with E-state index >= 15 is 0 Å². The van der Waals surface area contributed by atoms with Crippen LogP contribution >= 0.6 is 0 Å². The van der Waals surface area contributed by atoms with E-state index in [-0.39, 0.29) is 24.7 Å². The van der Waals surface area contributed by atoms with E-state index in [2.05, 4.69) is 18.0 Å². The van der Waals surface area contributed by atoms with Gasteiger partial charge in [0.1, 0.15) is 0 Å². The number of aliphatic hydroxyl groups excluding tert-OH is 1. The molecule has 0 bridgehead atoms. The van der Waals surface area contributed by atoms with Gasteiger partial charge in [-0.3, -0.25) is 4.79 Å². The van der Waals surface area contributed by atoms with Gasteiger partial charge in [-0.15, -0.1) is 0 Å². The molecule has 2 aliphatic heterocycles. The lowest BCUT2D eigenvalue weighted by atomic mass is 9.76. The van der Waals surface area contributed by atoms with Gasteiger partial charge in [0.15, 0.2) is 5.76 Å². The molecule has 1 saturated carbocycles. The van der Waals surface area contributed by atoms with Gasteiger partial charge in [0.2, 0.25) is 6.29 Å². The van der Waals surface area contributed by atoms with Crippen molar-refractivity contribution in [3.05, 3.63) is 11.8 Å². The number of ether oxygens (including phenoxy) is 2. The van der Waals surface area contributed by atoms with Crippen LogP contribution in [0, 0.1) is 17.8 Å². The monoisotopic (exact) mass is 380 g/mol. The molecular formula is C21H36N2O4. The summed E-state index contributed by atoms with van der Waals surface area (Å²) < 4.78 is 12.1. The molecule has 2 fully saturated rings. The smallest absolute Gasteiger partial charge is 0.288 e. The zero-order valence-electron chi connectivity index (χ0n) is 16.9. The Labute approximate surface area is 163 Å². The minimum Gasteiger partial charge on any atom is -0.459 e. The highest BCUT2D eigenvalue weighted by Crippen LogP contribution is 2.43. The Balaban J connectivity index is 1.80. The van der Waals surface area contributed by atoms with Gasteiger partial charge in [0.25, 0.3) is 5.91 Å². The van der Waals surface area contributed by atoms with Crippen molar-refractivity contribution < 1.29 is 19.4 Å². The van der Waals surface area contributed by atoms with E-state index in [1.165, 1.54) is 25.7 Å². The van der Waals surface area contributed by atoms with E-state index in [4.69, 9.17) is 9.47 Å². The quantitative estimate of drug-likeness (QED) is 0.734. The summed E-state index contributed by atoms with van der Waals surface area (Å²) in [4.78, 5) is 17.3. The molecule has 2 heterocycles. The predicted octanol–water partition coefficient (Wildman–Crippen LogP) is 2.23. The lowest BCUT2D eigenvalue weighted by Crippen LogP contribution is -2.49. The second-order valence-electron chi connectivity index (χ2n) is 8.22. The van der Waals surface area contributed by atoms with Crippen LogP contribution in [0.25, 0.3) is 0 Å². The highest BCUT2D eigenvalue weighted by molar-refractivity contribution is 5.91. The first kappa shape index (κ1) is 20.6. The average Bonchev–Trinajstić information content (AvgIpc) is 3.21. The third-order valence-corrected chi connectivity index (χ3v) is 6.40. The molecule has 1 saturated heterocycles. The van der Waals surface area contributed by atoms with Crippen LogP contribution in [0.3, 0.4) is 0 Å². The van der Waals surface area contributed by atoms with Crippen molar-refractivity contribution in [3.63, 3.8) is 0 Å². The summed E-state index contributed by atoms with van der Waals surface area (Å²) in [6.45, 7) is 6.02. The van der Waals surface area contributed by atoms with E-state index in [1.54, 1.807) is 0 Å². The second kappa shape index (κ2) is 9.89. The van der Waals surface area contributed by atoms with Crippen LogP contribution in [-0.2, 0) is 14.3 Å². The molecule has 6 heteroatoms. The molecule has 0 aromatic carbocycles. The van der Waals surface area contributed by atoms with Gasteiger partial charge in [-0.2, -0.15) is 0 Å². The van der Waals surface area contributed by atoms with Crippen molar-refractivity contribution in [1.29, 1.82) is 0 Å². The van der Waals surface area contributed by atoms with Crippen molar-refractivity contribution in [2.24, 2.45) is 17.8 Å². The lowest BCUT2D eigenvalue weighted by molar-refractivity contribution is -0.179. The maximum absolute atomic E-state index is 13.1. The van der Waals surface area contributed by atoms with Crippen molar-refractivity contribution >= 4 is 5.91 Å². The lowest BCUT2D eigenvalue weighted by Gasteiger charge is -2.41. The SMILES string of the molecule is CCO[C@@H]1OC(C(=O)N2CCN(C)CC2)=C[C@H](C2CCCC2)[C@H]1CCCO. The molecule has 1 N–H and O–H groups in total. The highest BCUT2D eigenvalue weighted by atomic mass is 16.7. The summed E-state index contributed by atoms with van der Waals surface area (Å²) in [5.41, 5.74) is 0. The van der Waals surface area contributed by atoms with E-state index in [1.807, 2.05) is 11.8 Å². The van der Waals surface area contributed by atoms with Crippen molar-refractivity contribution in [3.8, 4) is 0 Å². The summed E-state index contributed by atoms with van der Waals surface area (Å²) in [7, 11) is 2.09. The Morgan fingerprint density at radius 3 is 2.59 bits per heavy atom. The Bertz CT molecular complexity index is 510. The Hall–Kier alpha value is -1.11. The van der Waals surface area contributed by atoms with Crippen LogP contribution in [0.5, 0.6) is 0 Å². The first-order valence-corrected chi connectivity index (χ1v) is 10.7. The number of amides is 1. The number of aliphatic hydroxyl groups is 1. The molecule has 6 nitrogen and oxygen atoms in total. The molecule has 1 aliphatic carbocycles. The molecular weight excluding hydrogens is 344 g/mol. The third kappa shape index (κ3) is 5.04. The minimum atomic E-state index is -0.386. The summed E-state index contributed by atoms with van der Waals surface area (Å²) >= 11 is 0. The average molecular weight is 381 g/mol. The van der Waals surface area contributed by atoms with Crippen LogP contribution in [0.15, 0.2) is 11.8 Å². The van der Waals surface area contributed by atoms with Crippen LogP contribution in [0.2, 0.25) is 0 Å². The van der Waals surface area contributed by atoms with Crippen LogP contribution in [-0.4, -0.2) is 73.5 Å². The van der Waals surface area contributed by atoms with Crippen molar-refractivity contribution in [2.45, 2.75) is 51.7 Å². The third-order valence-electron chi connectivity index (χ3n) is 6.40. The first-order valence-electron chi connectivity index (χ1n) is 10.7. The van der Waals surface area contributed by atoms with Gasteiger partial charge in [-0.25, -0.2) is 0 Å². The van der Waals surface area contributed by atoms with Gasteiger partial charge in [0, 0.05) is 45.3 Å². The Morgan fingerprint density at radius 1 is 1.26 bits per heavy atom. The van der Waals surface area contributed by atoms with Crippen LogP contribution in [0.4, 0.5) is 0 Å². The van der Waals surface area contributed by atoms with E-state index in [9.17, 15) is 9.90 Å². The maximum Gasteiger partial charge on any atom is 0.288 e. The molecule has 3 rings (SSSR count). The number of hydrogen-bond acceptors (Lipinski definition) is 5. The summed E-state index contributed by atoms with van der Waals surface area (Å²) in [5.74, 6) is 1.60. The summed E-state index contributed by atoms with van der Waals surface area (Å²) in [6, 6.07) is 0. The molecule has 154 valence electrons. The van der Waals surface area contributed by atoms with E-state index in [0.29, 0.717) is 24.2 Å². The normalized spacial score (nSPS) is 30.3. The first-order chi connectivity index (χ1) is 13.1. The number of piperazine rings is 1. The Kier molecular flexibility index (Phi) is 7.56. The molecule has 0 radical (unpaired) electrons. The zero-order valence-corrected chi connectivity index (χ0v) is 16.9. The Morgan fingerprint density at radius 2 is 1.96 bits per heavy atom. The number of carbonyl (C=O) groups excluding carboxylic acids is 1. The summed E-state index contributed by atoms with van der Waals surface area (Å²) in [6.07, 6.45) is 8.30. The van der Waals surface area contributed by atoms with Crippen molar-refractivity contribution in [2.75, 3.05) is 46.4 Å². The van der Waals surface area contributed by atoms with Crippen molar-refractivity contribution in [1.82, 2.24) is 9.80 Å². The van der Waals surface area contributed by atoms with Gasteiger partial charge in [-0.05, 0) is 57.6 Å². The van der Waals surface area contributed by atoms with Gasteiger partial charge in [-0.1, -0.05) is 12.8 Å². The summed E-state index contributed by atoms with van der Waals surface area (Å²) in [5, 5.41) is 9.33. The maximum atomic E-state index is 13.1. The molecule has 3 aliphatic rings. The fraction of sp³-hybridized carbons (Fsp3) is 0.857. The molecule has 0 spiro atoms. The number of rotatable bonds is 7. The fourth-order valence-corrected chi connectivity index (χ4v) is 4.82. The number of allylic oxidation sites excluding steroid dienone is 1. The number of likely N-dealkylation sites (N-methyl/N-ethyl adjacent to an activating group) is 1. The number of hydrogen-bond donors (Lipinski definition) is 1. The van der Waals surface area contributed by atoms with Gasteiger partial charge >= 0.3 is 0 Å². The van der Waals surface area contributed by atoms with Crippen LogP contribution < -0.4 is 0 Å². The second-order valence-corrected chi connectivity index (χ2v) is 8.22. The largest absolute Gasteiger partial charge is 0.459 e. The van der Waals surface area contributed by atoms with Crippen LogP contribution in [0.1, 0.15) is 45.4 Å². The van der Waals surface area contributed by atoms with Gasteiger partial charge in [0.05, 0.1) is 0 Å². The topological polar surface area (TPSA) is 62.2 Å². The molecule has 27 heavy (non-hydrogen) atoms. The van der Waals surface area contributed by atoms with Gasteiger partial charge < -0.3 is 24.4 Å². The zero-order chi connectivity index (χ0) is 19.2. The molecule has 3 atom stereocenters. The molecule has 0 aromatic heterocycles. The predicted molar refractivity (Wildman–Crippen MR) is 104 cm³/mol. The molecule has 0 unspecified atom stereocenters. The number of nitrogens with zero attached hydrogens (tertiary/aromatic N) is 2. The minimum absolute atomic E-state index is 0.0106. The molecule has 1 amide bonds. The van der Waals surface area contributed by atoms with E-state index in [0.717, 1.165) is 39.0 Å². The molecule has 0 aromatic rings. The number of carbonyl (C=O) groups is 1.